The average Bonchev–Trinajstić information content (AvgIpc) is 2.45. The van der Waals surface area contributed by atoms with Crippen LogP contribution in [-0.2, 0) is 12.8 Å². The van der Waals surface area contributed by atoms with E-state index in [1.807, 2.05) is 6.26 Å². The molecule has 0 unspecified atom stereocenters. The summed E-state index contributed by atoms with van der Waals surface area (Å²) in [5, 5.41) is 0. The summed E-state index contributed by atoms with van der Waals surface area (Å²) in [5.41, 5.74) is 4.01. The molecule has 13 heavy (non-hydrogen) atoms. The highest BCUT2D eigenvalue weighted by atomic mass is 16.3. The van der Waals surface area contributed by atoms with Crippen molar-refractivity contribution in [2.75, 3.05) is 0 Å². The molecule has 1 aliphatic carbocycles. The Morgan fingerprint density at radius 3 is 3.00 bits per heavy atom. The summed E-state index contributed by atoms with van der Waals surface area (Å²) in [4.78, 5) is 0. The van der Waals surface area contributed by atoms with Gasteiger partial charge < -0.3 is 4.42 Å². The van der Waals surface area contributed by atoms with Crippen LogP contribution >= 0.6 is 0 Å². The summed E-state index contributed by atoms with van der Waals surface area (Å²) in [7, 11) is 0. The summed E-state index contributed by atoms with van der Waals surface area (Å²) in [6.07, 6.45) is 10.4. The van der Waals surface area contributed by atoms with Crippen molar-refractivity contribution in [3.05, 3.63) is 40.9 Å². The number of aryl methyl sites for hydroxylation is 1. The van der Waals surface area contributed by atoms with Gasteiger partial charge in [0, 0.05) is 5.56 Å². The van der Waals surface area contributed by atoms with Crippen molar-refractivity contribution in [2.24, 2.45) is 0 Å². The number of furan rings is 1. The van der Waals surface area contributed by atoms with E-state index in [9.17, 15) is 0 Å². The fourth-order valence-corrected chi connectivity index (χ4v) is 1.64. The molecule has 0 radical (unpaired) electrons. The third-order valence-electron chi connectivity index (χ3n) is 2.52. The van der Waals surface area contributed by atoms with Crippen LogP contribution in [0.15, 0.2) is 28.4 Å². The molecule has 1 aromatic heterocycles. The lowest BCUT2D eigenvalue weighted by molar-refractivity contribution is 0.552. The molecule has 0 N–H and O–H groups in total. The largest absolute Gasteiger partial charge is 0.464 e. The van der Waals surface area contributed by atoms with E-state index in [-0.39, 0.29) is 0 Å². The maximum Gasteiger partial charge on any atom is 0.130 e. The van der Waals surface area contributed by atoms with Gasteiger partial charge in [-0.1, -0.05) is 24.6 Å². The zero-order valence-electron chi connectivity index (χ0n) is 8.13. The molecule has 0 saturated carbocycles. The van der Waals surface area contributed by atoms with E-state index in [0.29, 0.717) is 0 Å². The van der Waals surface area contributed by atoms with Crippen molar-refractivity contribution < 1.29 is 4.42 Å². The van der Waals surface area contributed by atoms with Gasteiger partial charge in [0.15, 0.2) is 0 Å². The molecule has 0 aliphatic heterocycles. The van der Waals surface area contributed by atoms with Gasteiger partial charge in [0.1, 0.15) is 5.76 Å². The topological polar surface area (TPSA) is 13.1 Å². The van der Waals surface area contributed by atoms with E-state index in [1.54, 1.807) is 0 Å². The molecule has 0 bridgehead atoms. The molecule has 1 heteroatoms. The van der Waals surface area contributed by atoms with E-state index < -0.39 is 0 Å². The fourth-order valence-electron chi connectivity index (χ4n) is 1.64. The van der Waals surface area contributed by atoms with Crippen LogP contribution in [-0.4, -0.2) is 0 Å². The zero-order chi connectivity index (χ0) is 9.26. The lowest BCUT2D eigenvalue weighted by atomic mass is 10.1. The Kier molecular flexibility index (Phi) is 2.09. The summed E-state index contributed by atoms with van der Waals surface area (Å²) >= 11 is 0. The van der Waals surface area contributed by atoms with Gasteiger partial charge in [0.05, 0.1) is 6.26 Å². The number of hydrogen-bond acceptors (Lipinski definition) is 1. The van der Waals surface area contributed by atoms with Crippen LogP contribution in [0.3, 0.4) is 0 Å². The average molecular weight is 174 g/mol. The zero-order valence-corrected chi connectivity index (χ0v) is 8.13. The fraction of sp³-hybridized carbons (Fsp3) is 0.333. The van der Waals surface area contributed by atoms with Crippen LogP contribution < -0.4 is 0 Å². The maximum atomic E-state index is 5.49. The Labute approximate surface area is 78.8 Å². The molecule has 1 heterocycles. The Morgan fingerprint density at radius 2 is 2.23 bits per heavy atom. The highest BCUT2D eigenvalue weighted by molar-refractivity contribution is 5.56. The van der Waals surface area contributed by atoms with Gasteiger partial charge in [-0.25, -0.2) is 0 Å². The molecule has 0 spiro atoms. The normalized spacial score (nSPS) is 15.1. The third kappa shape index (κ3) is 1.46. The molecule has 1 nitrogen and oxygen atoms in total. The highest BCUT2D eigenvalue weighted by Gasteiger charge is 2.10. The monoisotopic (exact) mass is 174 g/mol. The van der Waals surface area contributed by atoms with Crippen molar-refractivity contribution in [3.8, 4) is 0 Å². The van der Waals surface area contributed by atoms with Gasteiger partial charge in [-0.3, -0.25) is 0 Å². The quantitative estimate of drug-likeness (QED) is 0.636. The van der Waals surface area contributed by atoms with Gasteiger partial charge in [-0.15, -0.1) is 0 Å². The third-order valence-corrected chi connectivity index (χ3v) is 2.52. The number of fused-ring (bicyclic) bond motifs is 1. The van der Waals surface area contributed by atoms with Gasteiger partial charge in [0.25, 0.3) is 0 Å². The molecular formula is C12H14O. The SMILES string of the molecule is CCc1coc2c1CC=C(C)C=C2. The van der Waals surface area contributed by atoms with Gasteiger partial charge in [0.2, 0.25) is 0 Å². The minimum atomic E-state index is 1.01. The van der Waals surface area contributed by atoms with E-state index in [4.69, 9.17) is 4.42 Å². The van der Waals surface area contributed by atoms with Crippen molar-refractivity contribution in [3.63, 3.8) is 0 Å². The van der Waals surface area contributed by atoms with Gasteiger partial charge >= 0.3 is 0 Å². The van der Waals surface area contributed by atoms with Gasteiger partial charge in [-0.2, -0.15) is 0 Å². The molecule has 0 fully saturated rings. The summed E-state index contributed by atoms with van der Waals surface area (Å²) in [6.45, 7) is 4.28. The predicted molar refractivity (Wildman–Crippen MR) is 54.6 cm³/mol. The molecule has 1 aromatic rings. The number of allylic oxidation sites excluding steroid dienone is 3. The Balaban J connectivity index is 2.45. The van der Waals surface area contributed by atoms with Crippen molar-refractivity contribution in [1.82, 2.24) is 0 Å². The maximum absolute atomic E-state index is 5.49. The lowest BCUT2D eigenvalue weighted by Crippen LogP contribution is -1.86. The van der Waals surface area contributed by atoms with Crippen molar-refractivity contribution >= 4 is 6.08 Å². The number of rotatable bonds is 1. The van der Waals surface area contributed by atoms with Crippen molar-refractivity contribution in [1.29, 1.82) is 0 Å². The van der Waals surface area contributed by atoms with Gasteiger partial charge in [-0.05, 0) is 31.4 Å². The number of hydrogen-bond donors (Lipinski definition) is 0. The predicted octanol–water partition coefficient (Wildman–Crippen LogP) is 3.36. The summed E-state index contributed by atoms with van der Waals surface area (Å²) < 4.78 is 5.49. The van der Waals surface area contributed by atoms with Crippen LogP contribution in [0.2, 0.25) is 0 Å². The van der Waals surface area contributed by atoms with E-state index in [0.717, 1.165) is 18.6 Å². The first-order valence-corrected chi connectivity index (χ1v) is 4.75. The first kappa shape index (κ1) is 8.36. The lowest BCUT2D eigenvalue weighted by Gasteiger charge is -1.95. The summed E-state index contributed by atoms with van der Waals surface area (Å²) in [6, 6.07) is 0. The molecule has 0 saturated heterocycles. The van der Waals surface area contributed by atoms with E-state index in [1.165, 1.54) is 16.7 Å². The minimum Gasteiger partial charge on any atom is -0.464 e. The molecule has 0 aromatic carbocycles. The Bertz CT molecular complexity index is 366. The molecule has 1 aliphatic rings. The first-order chi connectivity index (χ1) is 6.31. The van der Waals surface area contributed by atoms with E-state index >= 15 is 0 Å². The molecule has 0 atom stereocenters. The van der Waals surface area contributed by atoms with Crippen molar-refractivity contribution in [2.45, 2.75) is 26.7 Å². The molecule has 0 amide bonds. The van der Waals surface area contributed by atoms with Crippen LogP contribution in [0.5, 0.6) is 0 Å². The van der Waals surface area contributed by atoms with Crippen LogP contribution in [0.25, 0.3) is 6.08 Å². The standard InChI is InChI=1S/C12H14O/c1-3-10-8-13-12-7-5-9(2)4-6-11(10)12/h4-5,7-8H,3,6H2,1-2H3. The van der Waals surface area contributed by atoms with Crippen LogP contribution in [0, 0.1) is 0 Å². The molecule has 68 valence electrons. The second-order valence-electron chi connectivity index (χ2n) is 3.44. The summed E-state index contributed by atoms with van der Waals surface area (Å²) in [5.74, 6) is 1.03. The smallest absolute Gasteiger partial charge is 0.130 e. The van der Waals surface area contributed by atoms with E-state index in [2.05, 4.69) is 32.1 Å². The first-order valence-electron chi connectivity index (χ1n) is 4.75. The second kappa shape index (κ2) is 3.25. The second-order valence-corrected chi connectivity index (χ2v) is 3.44. The highest BCUT2D eigenvalue weighted by Crippen LogP contribution is 2.23. The Hall–Kier alpha value is -1.24. The van der Waals surface area contributed by atoms with Crippen LogP contribution in [0.1, 0.15) is 30.7 Å². The Morgan fingerprint density at radius 1 is 1.38 bits per heavy atom. The minimum absolute atomic E-state index is 1.01. The molecule has 2 rings (SSSR count). The van der Waals surface area contributed by atoms with Crippen LogP contribution in [0.4, 0.5) is 0 Å². The molecular weight excluding hydrogens is 160 g/mol.